The number of nitrogens with two attached hydrogens (primary N) is 1. The largest absolute Gasteiger partial charge is 0.480 e. The van der Waals surface area contributed by atoms with Crippen molar-refractivity contribution in [2.45, 2.75) is 25.9 Å². The van der Waals surface area contributed by atoms with Crippen LogP contribution in [0.25, 0.3) is 0 Å². The molecule has 0 radical (unpaired) electrons. The second kappa shape index (κ2) is 4.24. The highest BCUT2D eigenvalue weighted by molar-refractivity contribution is 5.72. The van der Waals surface area contributed by atoms with E-state index in [0.29, 0.717) is 6.54 Å². The number of hydrogen-bond donors (Lipinski definition) is 3. The molecule has 0 saturated heterocycles. The van der Waals surface area contributed by atoms with Gasteiger partial charge in [-0.25, -0.2) is 0 Å². The van der Waals surface area contributed by atoms with Gasteiger partial charge in [0.2, 0.25) is 0 Å². The summed E-state index contributed by atoms with van der Waals surface area (Å²) >= 11 is 0. The van der Waals surface area contributed by atoms with Crippen LogP contribution >= 0.6 is 0 Å². The number of rotatable bonds is 4. The fourth-order valence-electron chi connectivity index (χ4n) is 0.566. The molecule has 0 aromatic heterocycles. The van der Waals surface area contributed by atoms with Crippen LogP contribution < -0.4 is 11.1 Å². The van der Waals surface area contributed by atoms with E-state index < -0.39 is 12.0 Å². The smallest absolute Gasteiger partial charge is 0.320 e. The van der Waals surface area contributed by atoms with Gasteiger partial charge in [-0.15, -0.1) is 0 Å². The summed E-state index contributed by atoms with van der Waals surface area (Å²) < 4.78 is 0. The predicted octanol–water partition coefficient (Wildman–Crippen LogP) is -0.604. The quantitative estimate of drug-likeness (QED) is 0.495. The number of carboxylic acids is 1. The normalized spacial score (nSPS) is 16.3. The molecule has 0 aromatic carbocycles. The fourth-order valence-corrected chi connectivity index (χ4v) is 0.566. The van der Waals surface area contributed by atoms with Crippen LogP contribution in [-0.4, -0.2) is 29.7 Å². The van der Waals surface area contributed by atoms with E-state index in [1.165, 1.54) is 0 Å². The Labute approximate surface area is 60.4 Å². The van der Waals surface area contributed by atoms with E-state index in [1.54, 1.807) is 6.92 Å². The van der Waals surface area contributed by atoms with E-state index in [0.717, 1.165) is 0 Å². The molecule has 10 heavy (non-hydrogen) atoms. The van der Waals surface area contributed by atoms with Crippen molar-refractivity contribution >= 4 is 5.97 Å². The monoisotopic (exact) mass is 146 g/mol. The van der Waals surface area contributed by atoms with Crippen molar-refractivity contribution in [3.05, 3.63) is 0 Å². The lowest BCUT2D eigenvalue weighted by atomic mass is 10.2. The average molecular weight is 146 g/mol. The van der Waals surface area contributed by atoms with Crippen LogP contribution in [0.2, 0.25) is 0 Å². The summed E-state index contributed by atoms with van der Waals surface area (Å²) in [5.41, 5.74) is 5.27. The summed E-state index contributed by atoms with van der Waals surface area (Å²) in [6.45, 7) is 3.89. The minimum atomic E-state index is -0.847. The molecule has 0 fully saturated rings. The summed E-state index contributed by atoms with van der Waals surface area (Å²) in [7, 11) is 0. The van der Waals surface area contributed by atoms with Crippen molar-refractivity contribution in [3.63, 3.8) is 0 Å². The second-order valence-corrected chi connectivity index (χ2v) is 2.36. The van der Waals surface area contributed by atoms with Crippen molar-refractivity contribution < 1.29 is 9.90 Å². The molecule has 4 heteroatoms. The summed E-state index contributed by atoms with van der Waals surface area (Å²) in [6, 6.07) is -0.454. The zero-order valence-electron chi connectivity index (χ0n) is 6.29. The first-order valence-corrected chi connectivity index (χ1v) is 3.26. The van der Waals surface area contributed by atoms with E-state index in [4.69, 9.17) is 10.8 Å². The molecule has 1 unspecified atom stereocenters. The molecule has 0 aliphatic carbocycles. The molecule has 4 nitrogen and oxygen atoms in total. The van der Waals surface area contributed by atoms with Crippen LogP contribution in [0, 0.1) is 0 Å². The highest BCUT2D eigenvalue weighted by atomic mass is 16.4. The van der Waals surface area contributed by atoms with Gasteiger partial charge in [-0.1, -0.05) is 0 Å². The Morgan fingerprint density at radius 2 is 2.20 bits per heavy atom. The molecular formula is C6H14N2O2. The van der Waals surface area contributed by atoms with Crippen molar-refractivity contribution in [2.24, 2.45) is 5.73 Å². The molecule has 0 amide bonds. The van der Waals surface area contributed by atoms with Gasteiger partial charge in [0, 0.05) is 12.6 Å². The minimum Gasteiger partial charge on any atom is -0.480 e. The Balaban J connectivity index is 3.56. The van der Waals surface area contributed by atoms with Gasteiger partial charge in [0.25, 0.3) is 0 Å². The minimum absolute atomic E-state index is 0.0612. The number of hydrogen-bond acceptors (Lipinski definition) is 3. The molecule has 0 bridgehead atoms. The molecule has 4 N–H and O–H groups in total. The maximum absolute atomic E-state index is 10.2. The van der Waals surface area contributed by atoms with E-state index in [2.05, 4.69) is 5.32 Å². The lowest BCUT2D eigenvalue weighted by molar-refractivity contribution is -0.139. The standard InChI is InChI=1S/C6H14N2O2/c1-4(3-7)8-5(2)6(9)10/h4-5,8H,3,7H2,1-2H3,(H,9,10)/t4?,5-/m1/s1. The molecule has 2 atom stereocenters. The van der Waals surface area contributed by atoms with E-state index >= 15 is 0 Å². The third kappa shape index (κ3) is 3.42. The van der Waals surface area contributed by atoms with Gasteiger partial charge in [0.15, 0.2) is 0 Å². The van der Waals surface area contributed by atoms with Crippen molar-refractivity contribution in [3.8, 4) is 0 Å². The molecule has 0 aliphatic rings. The number of carbonyl (C=O) groups is 1. The van der Waals surface area contributed by atoms with E-state index in [1.807, 2.05) is 6.92 Å². The molecule has 0 spiro atoms. The predicted molar refractivity (Wildman–Crippen MR) is 38.7 cm³/mol. The van der Waals surface area contributed by atoms with Gasteiger partial charge < -0.3 is 16.2 Å². The first kappa shape index (κ1) is 9.39. The van der Waals surface area contributed by atoms with Crippen LogP contribution in [0.3, 0.4) is 0 Å². The summed E-state index contributed by atoms with van der Waals surface area (Å²) in [6.07, 6.45) is 0. The summed E-state index contributed by atoms with van der Waals surface area (Å²) in [5, 5.41) is 11.2. The molecular weight excluding hydrogens is 132 g/mol. The average Bonchev–Trinajstić information content (AvgIpc) is 1.87. The van der Waals surface area contributed by atoms with Gasteiger partial charge in [-0.2, -0.15) is 0 Å². The Kier molecular flexibility index (Phi) is 3.99. The highest BCUT2D eigenvalue weighted by Crippen LogP contribution is 1.84. The van der Waals surface area contributed by atoms with E-state index in [-0.39, 0.29) is 6.04 Å². The maximum atomic E-state index is 10.2. The Hall–Kier alpha value is -0.610. The summed E-state index contributed by atoms with van der Waals surface area (Å²) in [4.78, 5) is 10.2. The molecule has 0 aromatic rings. The Bertz CT molecular complexity index is 116. The van der Waals surface area contributed by atoms with Crippen LogP contribution in [0.5, 0.6) is 0 Å². The zero-order chi connectivity index (χ0) is 8.15. The van der Waals surface area contributed by atoms with Crippen LogP contribution in [-0.2, 0) is 4.79 Å². The van der Waals surface area contributed by atoms with Gasteiger partial charge in [-0.05, 0) is 13.8 Å². The molecule has 60 valence electrons. The van der Waals surface area contributed by atoms with Gasteiger partial charge in [0.1, 0.15) is 6.04 Å². The third-order valence-electron chi connectivity index (χ3n) is 1.26. The lowest BCUT2D eigenvalue weighted by Gasteiger charge is -2.14. The number of aliphatic carboxylic acids is 1. The van der Waals surface area contributed by atoms with Crippen LogP contribution in [0.15, 0.2) is 0 Å². The topological polar surface area (TPSA) is 75.3 Å². The Morgan fingerprint density at radius 3 is 2.50 bits per heavy atom. The van der Waals surface area contributed by atoms with Crippen LogP contribution in [0.4, 0.5) is 0 Å². The number of nitrogens with one attached hydrogen (secondary N) is 1. The van der Waals surface area contributed by atoms with Gasteiger partial charge in [0.05, 0.1) is 0 Å². The van der Waals surface area contributed by atoms with Crippen molar-refractivity contribution in [1.82, 2.24) is 5.32 Å². The van der Waals surface area contributed by atoms with E-state index in [9.17, 15) is 4.79 Å². The highest BCUT2D eigenvalue weighted by Gasteiger charge is 2.11. The lowest BCUT2D eigenvalue weighted by Crippen LogP contribution is -2.43. The zero-order valence-corrected chi connectivity index (χ0v) is 6.29. The summed E-state index contributed by atoms with van der Waals surface area (Å²) in [5.74, 6) is -0.847. The first-order chi connectivity index (χ1) is 4.57. The Morgan fingerprint density at radius 1 is 1.70 bits per heavy atom. The third-order valence-corrected chi connectivity index (χ3v) is 1.26. The molecule has 0 rings (SSSR count). The first-order valence-electron chi connectivity index (χ1n) is 3.26. The SMILES string of the molecule is CC(CN)N[C@H](C)C(=O)O. The number of carboxylic acid groups (broad SMARTS) is 1. The maximum Gasteiger partial charge on any atom is 0.320 e. The molecule has 0 heterocycles. The van der Waals surface area contributed by atoms with Gasteiger partial charge >= 0.3 is 5.97 Å². The van der Waals surface area contributed by atoms with Gasteiger partial charge in [-0.3, -0.25) is 4.79 Å². The molecule has 0 saturated carbocycles. The van der Waals surface area contributed by atoms with Crippen LogP contribution in [0.1, 0.15) is 13.8 Å². The van der Waals surface area contributed by atoms with Crippen molar-refractivity contribution in [1.29, 1.82) is 0 Å². The van der Waals surface area contributed by atoms with Crippen molar-refractivity contribution in [2.75, 3.05) is 6.54 Å². The second-order valence-electron chi connectivity index (χ2n) is 2.36. The fraction of sp³-hybridized carbons (Fsp3) is 0.833. The molecule has 0 aliphatic heterocycles.